The number of hydrogen-bond acceptors (Lipinski definition) is 0. The first-order chi connectivity index (χ1) is 14.4. The zero-order valence-electron chi connectivity index (χ0n) is 17.4. The molecule has 2 aromatic carbocycles. The molecule has 3 heteroatoms. The van der Waals surface area contributed by atoms with Crippen LogP contribution in [-0.4, -0.2) is 0 Å². The van der Waals surface area contributed by atoms with E-state index in [4.69, 9.17) is 0 Å². The maximum atomic E-state index is 14.8. The van der Waals surface area contributed by atoms with Gasteiger partial charge in [-0.1, -0.05) is 81.0 Å². The summed E-state index contributed by atoms with van der Waals surface area (Å²) in [6.45, 7) is 8.92. The average molecular weight is 409 g/mol. The average Bonchev–Trinajstić information content (AvgIpc) is 2.75. The predicted octanol–water partition coefficient (Wildman–Crippen LogP) is 8.68. The summed E-state index contributed by atoms with van der Waals surface area (Å²) in [5.41, 5.74) is 3.08. The second-order valence-corrected chi connectivity index (χ2v) is 7.97. The zero-order valence-corrected chi connectivity index (χ0v) is 17.4. The Labute approximate surface area is 177 Å². The molecule has 2 aromatic rings. The Balaban J connectivity index is 1.77. The normalized spacial score (nSPS) is 15.5. The number of halogens is 3. The van der Waals surface area contributed by atoms with Crippen LogP contribution in [0.2, 0.25) is 0 Å². The van der Waals surface area contributed by atoms with Crippen molar-refractivity contribution in [2.75, 3.05) is 0 Å². The molecule has 0 aliphatic heterocycles. The number of allylic oxidation sites excluding steroid dienone is 5. The third-order valence-electron chi connectivity index (χ3n) is 5.59. The van der Waals surface area contributed by atoms with Gasteiger partial charge in [0.25, 0.3) is 0 Å². The van der Waals surface area contributed by atoms with Gasteiger partial charge in [-0.3, -0.25) is 0 Å². The van der Waals surface area contributed by atoms with Crippen LogP contribution < -0.4 is 0 Å². The van der Waals surface area contributed by atoms with Gasteiger partial charge >= 0.3 is 0 Å². The van der Waals surface area contributed by atoms with Crippen LogP contribution in [0.4, 0.5) is 13.2 Å². The third kappa shape index (κ3) is 5.21. The topological polar surface area (TPSA) is 0 Å². The van der Waals surface area contributed by atoms with Crippen LogP contribution in [0.15, 0.2) is 78.7 Å². The Morgan fingerprint density at radius 3 is 2.23 bits per heavy atom. The maximum absolute atomic E-state index is 14.8. The molecule has 1 aliphatic rings. The van der Waals surface area contributed by atoms with Gasteiger partial charge < -0.3 is 0 Å². The van der Waals surface area contributed by atoms with Crippen molar-refractivity contribution < 1.29 is 13.2 Å². The Morgan fingerprint density at radius 2 is 1.60 bits per heavy atom. The lowest BCUT2D eigenvalue weighted by molar-refractivity contribution is 0.418. The molecule has 1 saturated carbocycles. The highest BCUT2D eigenvalue weighted by atomic mass is 19.2. The van der Waals surface area contributed by atoms with E-state index in [1.165, 1.54) is 12.5 Å². The van der Waals surface area contributed by atoms with E-state index < -0.39 is 17.5 Å². The molecule has 0 aromatic heterocycles. The molecular weight excluding hydrogens is 381 g/mol. The van der Waals surface area contributed by atoms with Crippen LogP contribution in [0, 0.1) is 11.6 Å². The van der Waals surface area contributed by atoms with Crippen molar-refractivity contribution in [2.45, 2.75) is 44.9 Å². The van der Waals surface area contributed by atoms with Gasteiger partial charge in [0.15, 0.2) is 11.6 Å². The van der Waals surface area contributed by atoms with Crippen LogP contribution in [0.1, 0.15) is 56.1 Å². The molecule has 1 aliphatic carbocycles. The molecule has 0 amide bonds. The summed E-state index contributed by atoms with van der Waals surface area (Å²) in [5, 5.41) is 0. The van der Waals surface area contributed by atoms with E-state index in [2.05, 4.69) is 13.2 Å². The molecule has 156 valence electrons. The maximum Gasteiger partial charge on any atom is 0.166 e. The molecule has 0 nitrogen and oxygen atoms in total. The summed E-state index contributed by atoms with van der Waals surface area (Å²) in [7, 11) is 0. The number of benzene rings is 2. The molecule has 3 rings (SSSR count). The minimum absolute atomic E-state index is 0.117. The molecule has 0 N–H and O–H groups in total. The molecule has 0 spiro atoms. The van der Waals surface area contributed by atoms with Crippen LogP contribution in [0.5, 0.6) is 0 Å². The van der Waals surface area contributed by atoms with Crippen LogP contribution in [0.3, 0.4) is 0 Å². The second kappa shape index (κ2) is 9.80. The van der Waals surface area contributed by atoms with E-state index in [9.17, 15) is 13.2 Å². The predicted molar refractivity (Wildman–Crippen MR) is 120 cm³/mol. The second-order valence-electron chi connectivity index (χ2n) is 7.97. The first-order valence-electron chi connectivity index (χ1n) is 10.3. The monoisotopic (exact) mass is 408 g/mol. The van der Waals surface area contributed by atoms with Crippen molar-refractivity contribution in [1.82, 2.24) is 0 Å². The van der Waals surface area contributed by atoms with Gasteiger partial charge in [0.05, 0.1) is 0 Å². The zero-order chi connectivity index (χ0) is 21.7. The van der Waals surface area contributed by atoms with E-state index in [0.717, 1.165) is 31.2 Å². The lowest BCUT2D eigenvalue weighted by Crippen LogP contribution is -2.08. The highest BCUT2D eigenvalue weighted by Crippen LogP contribution is 2.36. The summed E-state index contributed by atoms with van der Waals surface area (Å²) >= 11 is 0. The first-order valence-corrected chi connectivity index (χ1v) is 10.3. The molecule has 0 atom stereocenters. The smallest absolute Gasteiger partial charge is 0.166 e. The van der Waals surface area contributed by atoms with Gasteiger partial charge in [0, 0.05) is 5.56 Å². The first kappa shape index (κ1) is 21.9. The van der Waals surface area contributed by atoms with Gasteiger partial charge in [-0.2, -0.15) is 0 Å². The molecule has 0 heterocycles. The Bertz CT molecular complexity index is 988. The number of hydrogen-bond donors (Lipinski definition) is 0. The fraction of sp³-hybridized carbons (Fsp3) is 0.259. The van der Waals surface area contributed by atoms with Gasteiger partial charge in [-0.25, -0.2) is 13.2 Å². The highest BCUT2D eigenvalue weighted by molar-refractivity contribution is 5.67. The molecular formula is C27H27F3. The van der Waals surface area contributed by atoms with Gasteiger partial charge in [0.2, 0.25) is 0 Å². The molecule has 0 bridgehead atoms. The fourth-order valence-corrected chi connectivity index (χ4v) is 3.83. The minimum atomic E-state index is -0.782. The van der Waals surface area contributed by atoms with Gasteiger partial charge in [-0.15, -0.1) is 0 Å². The van der Waals surface area contributed by atoms with Crippen molar-refractivity contribution in [3.05, 3.63) is 101 Å². The van der Waals surface area contributed by atoms with E-state index in [0.29, 0.717) is 22.3 Å². The third-order valence-corrected chi connectivity index (χ3v) is 5.59. The van der Waals surface area contributed by atoms with E-state index in [1.807, 2.05) is 12.1 Å². The summed E-state index contributed by atoms with van der Waals surface area (Å²) in [4.78, 5) is 0. The Morgan fingerprint density at radius 1 is 0.933 bits per heavy atom. The summed E-state index contributed by atoms with van der Waals surface area (Å²) in [6.07, 6.45) is 9.97. The van der Waals surface area contributed by atoms with Crippen molar-refractivity contribution in [3.8, 4) is 11.1 Å². The van der Waals surface area contributed by atoms with E-state index in [-0.39, 0.29) is 11.5 Å². The summed E-state index contributed by atoms with van der Waals surface area (Å²) in [5.74, 6) is -1.79. The molecule has 0 saturated heterocycles. The van der Waals surface area contributed by atoms with Crippen molar-refractivity contribution in [3.63, 3.8) is 0 Å². The standard InChI is InChI=1S/C27H27F3/c1-18(2)25(28)17-19(3)9-10-20-11-13-22(14-12-20)24-16-15-23(26(29)27(24)30)21-7-5-4-6-8-21/h9-17,21H,1,3-8H2,2H3/b10-9+,25-17+. The Kier molecular flexibility index (Phi) is 7.15. The van der Waals surface area contributed by atoms with Crippen molar-refractivity contribution in [2.24, 2.45) is 0 Å². The minimum Gasteiger partial charge on any atom is -0.207 e. The number of rotatable bonds is 6. The van der Waals surface area contributed by atoms with Gasteiger partial charge in [-0.05, 0) is 59.6 Å². The lowest BCUT2D eigenvalue weighted by Gasteiger charge is -2.23. The quantitative estimate of drug-likeness (QED) is 0.419. The summed E-state index contributed by atoms with van der Waals surface area (Å²) in [6, 6.07) is 10.6. The van der Waals surface area contributed by atoms with E-state index >= 15 is 0 Å². The Hall–Kier alpha value is -2.81. The highest BCUT2D eigenvalue weighted by Gasteiger charge is 2.22. The summed E-state index contributed by atoms with van der Waals surface area (Å²) < 4.78 is 43.1. The van der Waals surface area contributed by atoms with Crippen LogP contribution >= 0.6 is 0 Å². The molecule has 0 unspecified atom stereocenters. The van der Waals surface area contributed by atoms with Crippen LogP contribution in [-0.2, 0) is 0 Å². The van der Waals surface area contributed by atoms with Crippen LogP contribution in [0.25, 0.3) is 17.2 Å². The lowest BCUT2D eigenvalue weighted by atomic mass is 9.83. The largest absolute Gasteiger partial charge is 0.207 e. The van der Waals surface area contributed by atoms with Gasteiger partial charge in [0.1, 0.15) is 5.83 Å². The molecule has 1 fully saturated rings. The van der Waals surface area contributed by atoms with Crippen molar-refractivity contribution in [1.29, 1.82) is 0 Å². The molecule has 30 heavy (non-hydrogen) atoms. The fourth-order valence-electron chi connectivity index (χ4n) is 3.83. The molecule has 0 radical (unpaired) electrons. The SMILES string of the molecule is C=C(/C=C/c1ccc(-c2ccc(C3CCCCC3)c(F)c2F)cc1)/C=C(/F)C(=C)C. The van der Waals surface area contributed by atoms with E-state index in [1.54, 1.807) is 43.3 Å². The van der Waals surface area contributed by atoms with Crippen molar-refractivity contribution >= 4 is 6.08 Å².